The van der Waals surface area contributed by atoms with Gasteiger partial charge in [0.05, 0.1) is 6.61 Å². The van der Waals surface area contributed by atoms with Crippen molar-refractivity contribution in [2.24, 2.45) is 5.73 Å². The van der Waals surface area contributed by atoms with E-state index in [0.717, 1.165) is 24.4 Å². The fourth-order valence-electron chi connectivity index (χ4n) is 1.65. The largest absolute Gasteiger partial charge is 0.494 e. The van der Waals surface area contributed by atoms with Gasteiger partial charge in [-0.3, -0.25) is 0 Å². The van der Waals surface area contributed by atoms with Gasteiger partial charge < -0.3 is 15.8 Å². The van der Waals surface area contributed by atoms with E-state index in [-0.39, 0.29) is 6.04 Å². The van der Waals surface area contributed by atoms with Crippen LogP contribution < -0.4 is 15.8 Å². The van der Waals surface area contributed by atoms with Crippen molar-refractivity contribution in [3.05, 3.63) is 24.3 Å². The van der Waals surface area contributed by atoms with Gasteiger partial charge in [-0.1, -0.05) is 19.8 Å². The lowest BCUT2D eigenvalue weighted by Crippen LogP contribution is -2.28. The number of rotatable bonds is 8. The lowest BCUT2D eigenvalue weighted by molar-refractivity contribution is 0.340. The van der Waals surface area contributed by atoms with E-state index in [2.05, 4.69) is 12.2 Å². The van der Waals surface area contributed by atoms with Crippen molar-refractivity contribution >= 4 is 5.69 Å². The number of hydrogen-bond acceptors (Lipinski definition) is 3. The van der Waals surface area contributed by atoms with E-state index in [1.54, 1.807) is 0 Å². The fraction of sp³-hybridized carbons (Fsp3) is 0.571. The van der Waals surface area contributed by atoms with E-state index in [4.69, 9.17) is 10.5 Å². The Hall–Kier alpha value is -1.22. The molecule has 0 saturated heterocycles. The minimum atomic E-state index is 0.238. The standard InChI is InChI=1S/C14H24N2O/c1-3-5-6-12(15)11-16-13-7-9-14(10-8-13)17-4-2/h7-10,12,16H,3-6,11,15H2,1-2H3. The second-order valence-corrected chi connectivity index (χ2v) is 4.24. The molecule has 17 heavy (non-hydrogen) atoms. The molecule has 0 heterocycles. The molecule has 3 nitrogen and oxygen atoms in total. The summed E-state index contributed by atoms with van der Waals surface area (Å²) in [6.45, 7) is 5.70. The van der Waals surface area contributed by atoms with Gasteiger partial charge in [0.25, 0.3) is 0 Å². The van der Waals surface area contributed by atoms with Crippen molar-refractivity contribution in [1.82, 2.24) is 0 Å². The number of ether oxygens (including phenoxy) is 1. The summed E-state index contributed by atoms with van der Waals surface area (Å²) in [5.74, 6) is 0.910. The van der Waals surface area contributed by atoms with Crippen molar-refractivity contribution in [3.63, 3.8) is 0 Å². The maximum absolute atomic E-state index is 6.00. The first kappa shape index (κ1) is 13.8. The second-order valence-electron chi connectivity index (χ2n) is 4.24. The molecule has 0 aromatic heterocycles. The van der Waals surface area contributed by atoms with E-state index < -0.39 is 0 Å². The molecular formula is C14H24N2O. The topological polar surface area (TPSA) is 47.3 Å². The van der Waals surface area contributed by atoms with Crippen molar-refractivity contribution in [1.29, 1.82) is 0 Å². The van der Waals surface area contributed by atoms with Crippen LogP contribution >= 0.6 is 0 Å². The van der Waals surface area contributed by atoms with E-state index >= 15 is 0 Å². The maximum Gasteiger partial charge on any atom is 0.119 e. The molecule has 1 aromatic carbocycles. The zero-order valence-electron chi connectivity index (χ0n) is 10.9. The summed E-state index contributed by atoms with van der Waals surface area (Å²) in [6, 6.07) is 8.24. The Balaban J connectivity index is 2.31. The fourth-order valence-corrected chi connectivity index (χ4v) is 1.65. The Labute approximate surface area is 104 Å². The quantitative estimate of drug-likeness (QED) is 0.729. The Bertz CT molecular complexity index is 298. The minimum Gasteiger partial charge on any atom is -0.494 e. The molecule has 3 N–H and O–H groups in total. The average Bonchev–Trinajstić information content (AvgIpc) is 2.36. The molecule has 1 atom stereocenters. The summed E-state index contributed by atoms with van der Waals surface area (Å²) >= 11 is 0. The third-order valence-electron chi connectivity index (χ3n) is 2.66. The number of anilines is 1. The summed E-state index contributed by atoms with van der Waals surface area (Å²) in [5, 5.41) is 3.34. The van der Waals surface area contributed by atoms with Crippen LogP contribution in [0, 0.1) is 0 Å². The van der Waals surface area contributed by atoms with Crippen LogP contribution in [0.15, 0.2) is 24.3 Å². The predicted molar refractivity (Wildman–Crippen MR) is 73.6 cm³/mol. The molecule has 3 heteroatoms. The first-order valence-corrected chi connectivity index (χ1v) is 6.48. The number of hydrogen-bond donors (Lipinski definition) is 2. The molecule has 0 aliphatic rings. The van der Waals surface area contributed by atoms with Gasteiger partial charge in [0.2, 0.25) is 0 Å². The molecule has 0 fully saturated rings. The van der Waals surface area contributed by atoms with Crippen molar-refractivity contribution < 1.29 is 4.74 Å². The van der Waals surface area contributed by atoms with Crippen LogP contribution in [0.2, 0.25) is 0 Å². The molecule has 96 valence electrons. The first-order valence-electron chi connectivity index (χ1n) is 6.48. The van der Waals surface area contributed by atoms with Crippen LogP contribution in [0.1, 0.15) is 33.1 Å². The van der Waals surface area contributed by atoms with Gasteiger partial charge in [-0.25, -0.2) is 0 Å². The number of nitrogens with two attached hydrogens (primary N) is 1. The summed E-state index contributed by atoms with van der Waals surface area (Å²) in [7, 11) is 0. The van der Waals surface area contributed by atoms with Gasteiger partial charge in [0.15, 0.2) is 0 Å². The molecule has 0 saturated carbocycles. The van der Waals surface area contributed by atoms with Crippen LogP contribution in [-0.2, 0) is 0 Å². The molecule has 1 rings (SSSR count). The van der Waals surface area contributed by atoms with E-state index in [9.17, 15) is 0 Å². The highest BCUT2D eigenvalue weighted by Gasteiger charge is 2.01. The van der Waals surface area contributed by atoms with Crippen molar-refractivity contribution in [2.45, 2.75) is 39.2 Å². The molecule has 1 unspecified atom stereocenters. The summed E-state index contributed by atoms with van der Waals surface area (Å²) < 4.78 is 5.39. The third-order valence-corrected chi connectivity index (χ3v) is 2.66. The normalized spacial score (nSPS) is 12.2. The SMILES string of the molecule is CCCCC(N)CNc1ccc(OCC)cc1. The highest BCUT2D eigenvalue weighted by molar-refractivity contribution is 5.46. The van der Waals surface area contributed by atoms with Gasteiger partial charge in [0, 0.05) is 18.3 Å². The summed E-state index contributed by atoms with van der Waals surface area (Å²) in [4.78, 5) is 0. The first-order chi connectivity index (χ1) is 8.26. The number of unbranched alkanes of at least 4 members (excludes halogenated alkanes) is 1. The minimum absolute atomic E-state index is 0.238. The predicted octanol–water partition coefficient (Wildman–Crippen LogP) is 3.01. The van der Waals surface area contributed by atoms with Crippen molar-refractivity contribution in [2.75, 3.05) is 18.5 Å². The lowest BCUT2D eigenvalue weighted by atomic mass is 10.1. The lowest BCUT2D eigenvalue weighted by Gasteiger charge is -2.13. The van der Waals surface area contributed by atoms with Crippen LogP contribution in [-0.4, -0.2) is 19.2 Å². The number of benzene rings is 1. The van der Waals surface area contributed by atoms with Crippen LogP contribution in [0.25, 0.3) is 0 Å². The molecule has 0 amide bonds. The molecule has 0 aliphatic heterocycles. The highest BCUT2D eigenvalue weighted by atomic mass is 16.5. The third kappa shape index (κ3) is 5.59. The summed E-state index contributed by atoms with van der Waals surface area (Å²) in [5.41, 5.74) is 7.10. The average molecular weight is 236 g/mol. The monoisotopic (exact) mass is 236 g/mol. The Morgan fingerprint density at radius 1 is 1.24 bits per heavy atom. The van der Waals surface area contributed by atoms with Gasteiger partial charge in [-0.05, 0) is 37.6 Å². The molecule has 0 aliphatic carbocycles. The number of nitrogens with one attached hydrogen (secondary N) is 1. The zero-order chi connectivity index (χ0) is 12.5. The smallest absolute Gasteiger partial charge is 0.119 e. The summed E-state index contributed by atoms with van der Waals surface area (Å²) in [6.07, 6.45) is 3.49. The van der Waals surface area contributed by atoms with Gasteiger partial charge >= 0.3 is 0 Å². The zero-order valence-corrected chi connectivity index (χ0v) is 10.9. The van der Waals surface area contributed by atoms with E-state index in [0.29, 0.717) is 6.61 Å². The Kier molecular flexibility index (Phi) is 6.48. The molecular weight excluding hydrogens is 212 g/mol. The van der Waals surface area contributed by atoms with Gasteiger partial charge in [-0.2, -0.15) is 0 Å². The van der Waals surface area contributed by atoms with Gasteiger partial charge in [-0.15, -0.1) is 0 Å². The van der Waals surface area contributed by atoms with E-state index in [1.165, 1.54) is 12.8 Å². The second kappa shape index (κ2) is 7.96. The van der Waals surface area contributed by atoms with Crippen LogP contribution in [0.4, 0.5) is 5.69 Å². The molecule has 0 radical (unpaired) electrons. The van der Waals surface area contributed by atoms with Crippen molar-refractivity contribution in [3.8, 4) is 5.75 Å². The van der Waals surface area contributed by atoms with Crippen LogP contribution in [0.5, 0.6) is 5.75 Å². The molecule has 0 bridgehead atoms. The van der Waals surface area contributed by atoms with Crippen LogP contribution in [0.3, 0.4) is 0 Å². The Morgan fingerprint density at radius 2 is 1.94 bits per heavy atom. The molecule has 0 spiro atoms. The highest BCUT2D eigenvalue weighted by Crippen LogP contribution is 2.15. The van der Waals surface area contributed by atoms with E-state index in [1.807, 2.05) is 31.2 Å². The maximum atomic E-state index is 6.00. The Morgan fingerprint density at radius 3 is 2.53 bits per heavy atom. The van der Waals surface area contributed by atoms with Gasteiger partial charge in [0.1, 0.15) is 5.75 Å². The molecule has 1 aromatic rings.